The first kappa shape index (κ1) is 14.9. The van der Waals surface area contributed by atoms with Crippen molar-refractivity contribution in [3.05, 3.63) is 51.8 Å². The molecule has 0 saturated heterocycles. The molecule has 1 unspecified atom stereocenters. The van der Waals surface area contributed by atoms with E-state index in [1.54, 1.807) is 0 Å². The lowest BCUT2D eigenvalue weighted by atomic mass is 10.0. The van der Waals surface area contributed by atoms with Gasteiger partial charge in [0.05, 0.1) is 11.7 Å². The fraction of sp³-hybridized carbons (Fsp3) is 0.438. The van der Waals surface area contributed by atoms with Gasteiger partial charge in [-0.3, -0.25) is 4.68 Å². The smallest absolute Gasteiger partial charge is 0.0643 e. The van der Waals surface area contributed by atoms with Gasteiger partial charge in [0.15, 0.2) is 0 Å². The largest absolute Gasteiger partial charge is 0.324 e. The van der Waals surface area contributed by atoms with Crippen molar-refractivity contribution in [3.8, 4) is 0 Å². The molecule has 1 saturated carbocycles. The van der Waals surface area contributed by atoms with E-state index in [9.17, 15) is 0 Å². The summed E-state index contributed by atoms with van der Waals surface area (Å²) in [6.07, 6.45) is 7.76. The van der Waals surface area contributed by atoms with Gasteiger partial charge in [-0.05, 0) is 31.0 Å². The quantitative estimate of drug-likeness (QED) is 0.897. The predicted octanol–water partition coefficient (Wildman–Crippen LogP) is 4.55. The van der Waals surface area contributed by atoms with Gasteiger partial charge >= 0.3 is 0 Å². The Morgan fingerprint density at radius 1 is 1.19 bits per heavy atom. The van der Waals surface area contributed by atoms with E-state index in [0.717, 1.165) is 11.3 Å². The molecule has 5 heteroatoms. The van der Waals surface area contributed by atoms with E-state index in [2.05, 4.69) is 16.0 Å². The maximum Gasteiger partial charge on any atom is 0.0643 e. The van der Waals surface area contributed by atoms with E-state index in [4.69, 9.17) is 28.9 Å². The highest BCUT2D eigenvalue weighted by Crippen LogP contribution is 2.31. The van der Waals surface area contributed by atoms with Crippen LogP contribution in [0.3, 0.4) is 0 Å². The Bertz CT molecular complexity index is 597. The monoisotopic (exact) mass is 323 g/mol. The third-order valence-electron chi connectivity index (χ3n) is 4.16. The minimum atomic E-state index is -0.238. The van der Waals surface area contributed by atoms with Crippen LogP contribution in [-0.2, 0) is 6.42 Å². The number of nitrogens with zero attached hydrogens (tertiary/aromatic N) is 2. The Hall–Kier alpha value is -1.03. The number of halogens is 2. The Morgan fingerprint density at radius 2 is 1.86 bits per heavy atom. The molecule has 1 fully saturated rings. The van der Waals surface area contributed by atoms with Gasteiger partial charge in [-0.1, -0.05) is 42.1 Å². The van der Waals surface area contributed by atoms with Crippen molar-refractivity contribution in [2.75, 3.05) is 0 Å². The zero-order valence-electron chi connectivity index (χ0n) is 11.8. The highest BCUT2D eigenvalue weighted by Gasteiger charge is 2.19. The van der Waals surface area contributed by atoms with Crippen LogP contribution in [0.15, 0.2) is 30.5 Å². The SMILES string of the molecule is NC(Cc1ccn(C2CCCC2)n1)c1c(Cl)cccc1Cl. The minimum absolute atomic E-state index is 0.238. The minimum Gasteiger partial charge on any atom is -0.324 e. The van der Waals surface area contributed by atoms with Crippen molar-refractivity contribution >= 4 is 23.2 Å². The first-order chi connectivity index (χ1) is 10.1. The van der Waals surface area contributed by atoms with Crippen molar-refractivity contribution in [2.45, 2.75) is 44.2 Å². The Kier molecular flexibility index (Phi) is 4.53. The van der Waals surface area contributed by atoms with Crippen molar-refractivity contribution < 1.29 is 0 Å². The highest BCUT2D eigenvalue weighted by molar-refractivity contribution is 6.36. The molecule has 3 nitrogen and oxygen atoms in total. The zero-order valence-corrected chi connectivity index (χ0v) is 13.3. The van der Waals surface area contributed by atoms with E-state index >= 15 is 0 Å². The average molecular weight is 324 g/mol. The van der Waals surface area contributed by atoms with Crippen LogP contribution in [0.2, 0.25) is 10.0 Å². The molecule has 0 bridgehead atoms. The summed E-state index contributed by atoms with van der Waals surface area (Å²) >= 11 is 12.4. The molecule has 112 valence electrons. The number of hydrogen-bond acceptors (Lipinski definition) is 2. The number of hydrogen-bond donors (Lipinski definition) is 1. The molecule has 3 rings (SSSR count). The van der Waals surface area contributed by atoms with Crippen LogP contribution < -0.4 is 5.73 Å². The van der Waals surface area contributed by atoms with E-state index in [-0.39, 0.29) is 6.04 Å². The lowest BCUT2D eigenvalue weighted by Crippen LogP contribution is -2.15. The van der Waals surface area contributed by atoms with Crippen LogP contribution in [0.4, 0.5) is 0 Å². The molecular weight excluding hydrogens is 305 g/mol. The highest BCUT2D eigenvalue weighted by atomic mass is 35.5. The van der Waals surface area contributed by atoms with Crippen LogP contribution in [-0.4, -0.2) is 9.78 Å². The molecule has 1 aliphatic carbocycles. The Balaban J connectivity index is 1.74. The summed E-state index contributed by atoms with van der Waals surface area (Å²) in [6.45, 7) is 0. The molecule has 0 amide bonds. The van der Waals surface area contributed by atoms with Gasteiger partial charge in [-0.2, -0.15) is 5.10 Å². The molecule has 0 spiro atoms. The van der Waals surface area contributed by atoms with Crippen molar-refractivity contribution in [2.24, 2.45) is 5.73 Å². The molecule has 21 heavy (non-hydrogen) atoms. The zero-order chi connectivity index (χ0) is 14.8. The predicted molar refractivity (Wildman–Crippen MR) is 86.8 cm³/mol. The third kappa shape index (κ3) is 3.25. The molecule has 2 aromatic rings. The second kappa shape index (κ2) is 6.39. The summed E-state index contributed by atoms with van der Waals surface area (Å²) in [5.74, 6) is 0. The van der Waals surface area contributed by atoms with Crippen molar-refractivity contribution in [3.63, 3.8) is 0 Å². The van der Waals surface area contributed by atoms with Crippen LogP contribution in [0.5, 0.6) is 0 Å². The summed E-state index contributed by atoms with van der Waals surface area (Å²) in [5.41, 5.74) is 8.07. The van der Waals surface area contributed by atoms with E-state index in [0.29, 0.717) is 22.5 Å². The molecule has 1 aliphatic rings. The van der Waals surface area contributed by atoms with E-state index in [1.807, 2.05) is 24.3 Å². The maximum absolute atomic E-state index is 6.27. The van der Waals surface area contributed by atoms with Crippen LogP contribution in [0, 0.1) is 0 Å². The van der Waals surface area contributed by atoms with E-state index < -0.39 is 0 Å². The first-order valence-electron chi connectivity index (χ1n) is 7.38. The second-order valence-electron chi connectivity index (χ2n) is 5.67. The number of rotatable bonds is 4. The van der Waals surface area contributed by atoms with Gasteiger partial charge in [0.1, 0.15) is 0 Å². The first-order valence-corrected chi connectivity index (χ1v) is 8.14. The lowest BCUT2D eigenvalue weighted by Gasteiger charge is -2.14. The van der Waals surface area contributed by atoms with Crippen LogP contribution in [0.1, 0.15) is 49.0 Å². The molecule has 2 N–H and O–H groups in total. The number of nitrogens with two attached hydrogens (primary N) is 1. The fourth-order valence-corrected chi connectivity index (χ4v) is 3.73. The van der Waals surface area contributed by atoms with Gasteiger partial charge in [0, 0.05) is 34.3 Å². The van der Waals surface area contributed by atoms with Crippen molar-refractivity contribution in [1.29, 1.82) is 0 Å². The van der Waals surface area contributed by atoms with Crippen molar-refractivity contribution in [1.82, 2.24) is 9.78 Å². The topological polar surface area (TPSA) is 43.8 Å². The van der Waals surface area contributed by atoms with Gasteiger partial charge < -0.3 is 5.73 Å². The standard InChI is InChI=1S/C16H19Cl2N3/c17-13-6-3-7-14(18)16(13)15(19)10-11-8-9-21(20-11)12-4-1-2-5-12/h3,6-9,12,15H,1-2,4-5,10,19H2. The molecule has 1 aromatic heterocycles. The summed E-state index contributed by atoms with van der Waals surface area (Å²) in [4.78, 5) is 0. The van der Waals surface area contributed by atoms with Crippen LogP contribution >= 0.6 is 23.2 Å². The molecule has 0 aliphatic heterocycles. The lowest BCUT2D eigenvalue weighted by molar-refractivity contribution is 0.461. The summed E-state index contributed by atoms with van der Waals surface area (Å²) < 4.78 is 2.09. The Labute approximate surface area is 135 Å². The third-order valence-corrected chi connectivity index (χ3v) is 4.82. The summed E-state index contributed by atoms with van der Waals surface area (Å²) in [7, 11) is 0. The fourth-order valence-electron chi connectivity index (χ4n) is 3.05. The Morgan fingerprint density at radius 3 is 2.52 bits per heavy atom. The molecule has 1 heterocycles. The normalized spacial score (nSPS) is 17.3. The molecule has 1 atom stereocenters. The van der Waals surface area contributed by atoms with Crippen LogP contribution in [0.25, 0.3) is 0 Å². The summed E-state index contributed by atoms with van der Waals surface area (Å²) in [5, 5.41) is 5.90. The summed E-state index contributed by atoms with van der Waals surface area (Å²) in [6, 6.07) is 7.83. The van der Waals surface area contributed by atoms with Gasteiger partial charge in [0.25, 0.3) is 0 Å². The number of aromatic nitrogens is 2. The molecular formula is C16H19Cl2N3. The average Bonchev–Trinajstić information content (AvgIpc) is 3.08. The molecule has 1 aromatic carbocycles. The van der Waals surface area contributed by atoms with Gasteiger partial charge in [0.2, 0.25) is 0 Å². The second-order valence-corrected chi connectivity index (χ2v) is 6.49. The number of benzene rings is 1. The maximum atomic E-state index is 6.27. The van der Waals surface area contributed by atoms with Gasteiger partial charge in [-0.25, -0.2) is 0 Å². The van der Waals surface area contributed by atoms with Gasteiger partial charge in [-0.15, -0.1) is 0 Å². The molecule has 0 radical (unpaired) electrons. The van der Waals surface area contributed by atoms with E-state index in [1.165, 1.54) is 25.7 Å².